The Morgan fingerprint density at radius 2 is 2.16 bits per heavy atom. The maximum absolute atomic E-state index is 11.5. The summed E-state index contributed by atoms with van der Waals surface area (Å²) in [7, 11) is 1.62. The molecule has 1 aromatic rings. The Bertz CT molecular complexity index is 477. The van der Waals surface area contributed by atoms with Crippen molar-refractivity contribution in [3.05, 3.63) is 29.3 Å². The smallest absolute Gasteiger partial charge is 0.314 e. The molecule has 4 heteroatoms. The Morgan fingerprint density at radius 1 is 1.47 bits per heavy atom. The third-order valence-corrected chi connectivity index (χ3v) is 3.54. The van der Waals surface area contributed by atoms with E-state index in [0.29, 0.717) is 25.2 Å². The van der Waals surface area contributed by atoms with E-state index in [9.17, 15) is 9.90 Å². The van der Waals surface area contributed by atoms with E-state index in [1.165, 1.54) is 0 Å². The van der Waals surface area contributed by atoms with Gasteiger partial charge >= 0.3 is 5.97 Å². The predicted molar refractivity (Wildman–Crippen MR) is 71.7 cm³/mol. The molecule has 4 nitrogen and oxygen atoms in total. The molecular formula is C15H20O4. The minimum Gasteiger partial charge on any atom is -0.488 e. The molecule has 2 rings (SSSR count). The van der Waals surface area contributed by atoms with Gasteiger partial charge in [-0.2, -0.15) is 0 Å². The lowest BCUT2D eigenvalue weighted by Crippen LogP contribution is -2.24. The highest BCUT2D eigenvalue weighted by molar-refractivity contribution is 5.86. The molecule has 19 heavy (non-hydrogen) atoms. The lowest BCUT2D eigenvalue weighted by molar-refractivity contribution is -0.140. The van der Waals surface area contributed by atoms with Gasteiger partial charge in [-0.15, -0.1) is 0 Å². The number of carboxylic acids is 1. The second-order valence-corrected chi connectivity index (χ2v) is 5.27. The maximum atomic E-state index is 11.5. The van der Waals surface area contributed by atoms with Crippen molar-refractivity contribution < 1.29 is 19.4 Å². The van der Waals surface area contributed by atoms with Gasteiger partial charge < -0.3 is 14.6 Å². The highest BCUT2D eigenvalue weighted by atomic mass is 16.5. The molecule has 1 aliphatic carbocycles. The van der Waals surface area contributed by atoms with Crippen LogP contribution in [0, 0.1) is 6.92 Å². The van der Waals surface area contributed by atoms with Crippen molar-refractivity contribution >= 4 is 5.97 Å². The summed E-state index contributed by atoms with van der Waals surface area (Å²) in [5, 5.41) is 9.43. The lowest BCUT2D eigenvalue weighted by Gasteiger charge is -2.20. The lowest BCUT2D eigenvalue weighted by atomic mass is 9.93. The summed E-state index contributed by atoms with van der Waals surface area (Å²) >= 11 is 0. The first kappa shape index (κ1) is 13.9. The normalized spacial score (nSPS) is 17.8. The average molecular weight is 264 g/mol. The first-order chi connectivity index (χ1) is 8.99. The fraction of sp³-hybridized carbons (Fsp3) is 0.533. The van der Waals surface area contributed by atoms with Gasteiger partial charge in [0.05, 0.1) is 12.0 Å². The highest BCUT2D eigenvalue weighted by Gasteiger charge is 2.53. The van der Waals surface area contributed by atoms with Gasteiger partial charge in [-0.1, -0.05) is 17.7 Å². The Balaban J connectivity index is 2.31. The summed E-state index contributed by atoms with van der Waals surface area (Å²) in [4.78, 5) is 11.5. The first-order valence-corrected chi connectivity index (χ1v) is 6.50. The van der Waals surface area contributed by atoms with E-state index < -0.39 is 11.4 Å². The fourth-order valence-electron chi connectivity index (χ4n) is 2.33. The van der Waals surface area contributed by atoms with Crippen LogP contribution < -0.4 is 4.74 Å². The largest absolute Gasteiger partial charge is 0.488 e. The number of carboxylic acid groups (broad SMARTS) is 1. The molecule has 104 valence electrons. The molecule has 1 atom stereocenters. The molecule has 1 aromatic carbocycles. The Morgan fingerprint density at radius 3 is 2.68 bits per heavy atom. The van der Waals surface area contributed by atoms with Crippen molar-refractivity contribution in [3.63, 3.8) is 0 Å². The quantitative estimate of drug-likeness (QED) is 0.857. The molecule has 0 amide bonds. The molecule has 0 aliphatic heterocycles. The summed E-state index contributed by atoms with van der Waals surface area (Å²) < 4.78 is 10.9. The molecule has 0 radical (unpaired) electrons. The molecule has 1 fully saturated rings. The van der Waals surface area contributed by atoms with Gasteiger partial charge in [-0.3, -0.25) is 4.79 Å². The van der Waals surface area contributed by atoms with Gasteiger partial charge in [0.2, 0.25) is 0 Å². The summed E-state index contributed by atoms with van der Waals surface area (Å²) in [6.45, 7) is 4.35. The second-order valence-electron chi connectivity index (χ2n) is 5.27. The maximum Gasteiger partial charge on any atom is 0.314 e. The number of ether oxygens (including phenoxy) is 2. The van der Waals surface area contributed by atoms with Crippen molar-refractivity contribution in [2.24, 2.45) is 0 Å². The Labute approximate surface area is 113 Å². The third-order valence-electron chi connectivity index (χ3n) is 3.54. The van der Waals surface area contributed by atoms with Gasteiger partial charge in [-0.25, -0.2) is 0 Å². The molecule has 0 bridgehead atoms. The van der Waals surface area contributed by atoms with E-state index in [2.05, 4.69) is 0 Å². The summed E-state index contributed by atoms with van der Waals surface area (Å²) in [6, 6.07) is 5.73. The summed E-state index contributed by atoms with van der Waals surface area (Å²) in [6.07, 6.45) is 1.26. The number of carbonyl (C=O) groups is 1. The van der Waals surface area contributed by atoms with E-state index in [1.54, 1.807) is 7.11 Å². The van der Waals surface area contributed by atoms with Gasteiger partial charge in [0.25, 0.3) is 0 Å². The number of aryl methyl sites for hydroxylation is 1. The molecule has 1 N–H and O–H groups in total. The predicted octanol–water partition coefficient (Wildman–Crippen LogP) is 2.52. The minimum atomic E-state index is -0.762. The van der Waals surface area contributed by atoms with Crippen LogP contribution in [0.3, 0.4) is 0 Å². The average Bonchev–Trinajstić information content (AvgIpc) is 3.13. The number of aliphatic carboxylic acids is 1. The van der Waals surface area contributed by atoms with Crippen LogP contribution in [0.4, 0.5) is 0 Å². The van der Waals surface area contributed by atoms with Crippen LogP contribution in [-0.4, -0.2) is 30.9 Å². The van der Waals surface area contributed by atoms with Crippen LogP contribution in [0.25, 0.3) is 0 Å². The summed E-state index contributed by atoms with van der Waals surface area (Å²) in [5.41, 5.74) is 1.10. The zero-order chi connectivity index (χ0) is 14.0. The van der Waals surface area contributed by atoms with Crippen LogP contribution in [-0.2, 0) is 14.9 Å². The number of rotatable bonds is 6. The first-order valence-electron chi connectivity index (χ1n) is 6.50. The Kier molecular flexibility index (Phi) is 3.80. The van der Waals surface area contributed by atoms with E-state index in [-0.39, 0.29) is 6.10 Å². The monoisotopic (exact) mass is 264 g/mol. The van der Waals surface area contributed by atoms with Crippen LogP contribution in [0.15, 0.2) is 18.2 Å². The highest BCUT2D eigenvalue weighted by Crippen LogP contribution is 2.51. The molecule has 0 aromatic heterocycles. The number of methoxy groups -OCH3 is 1. The van der Waals surface area contributed by atoms with Crippen molar-refractivity contribution in [2.75, 3.05) is 13.7 Å². The fourth-order valence-corrected chi connectivity index (χ4v) is 2.33. The van der Waals surface area contributed by atoms with Gasteiger partial charge in [0.15, 0.2) is 0 Å². The molecule has 0 heterocycles. The van der Waals surface area contributed by atoms with Crippen LogP contribution in [0.1, 0.15) is 30.9 Å². The molecule has 0 saturated heterocycles. The van der Waals surface area contributed by atoms with Gasteiger partial charge in [0.1, 0.15) is 11.9 Å². The second kappa shape index (κ2) is 5.21. The van der Waals surface area contributed by atoms with E-state index in [4.69, 9.17) is 9.47 Å². The molecule has 1 aliphatic rings. The van der Waals surface area contributed by atoms with E-state index >= 15 is 0 Å². The molecule has 1 saturated carbocycles. The topological polar surface area (TPSA) is 55.8 Å². The van der Waals surface area contributed by atoms with E-state index in [1.807, 2.05) is 32.0 Å². The van der Waals surface area contributed by atoms with Crippen LogP contribution >= 0.6 is 0 Å². The molecule has 0 spiro atoms. The van der Waals surface area contributed by atoms with Crippen LogP contribution in [0.5, 0.6) is 5.75 Å². The molecule has 0 unspecified atom stereocenters. The SMILES string of the molecule is COC[C@@H](C)Oc1ccc(C)cc1C1(C(=O)O)CC1. The Hall–Kier alpha value is -1.55. The zero-order valence-electron chi connectivity index (χ0n) is 11.6. The van der Waals surface area contributed by atoms with Crippen molar-refractivity contribution in [1.82, 2.24) is 0 Å². The van der Waals surface area contributed by atoms with Gasteiger partial charge in [0, 0.05) is 12.7 Å². The van der Waals surface area contributed by atoms with Crippen molar-refractivity contribution in [3.8, 4) is 5.75 Å². The number of hydrogen-bond donors (Lipinski definition) is 1. The van der Waals surface area contributed by atoms with Crippen molar-refractivity contribution in [2.45, 2.75) is 38.2 Å². The summed E-state index contributed by atoms with van der Waals surface area (Å²) in [5.74, 6) is -0.0996. The standard InChI is InChI=1S/C15H20O4/c1-10-4-5-13(19-11(2)9-18-3)12(8-10)15(6-7-15)14(16)17/h4-5,8,11H,6-7,9H2,1-3H3,(H,16,17)/t11-/m1/s1. The van der Waals surface area contributed by atoms with Gasteiger partial charge in [-0.05, 0) is 32.8 Å². The van der Waals surface area contributed by atoms with Crippen LogP contribution in [0.2, 0.25) is 0 Å². The minimum absolute atomic E-state index is 0.101. The number of hydrogen-bond acceptors (Lipinski definition) is 3. The van der Waals surface area contributed by atoms with Crippen molar-refractivity contribution in [1.29, 1.82) is 0 Å². The van der Waals surface area contributed by atoms with E-state index in [0.717, 1.165) is 11.1 Å². The zero-order valence-corrected chi connectivity index (χ0v) is 11.6. The number of benzene rings is 1. The molecular weight excluding hydrogens is 244 g/mol. The third kappa shape index (κ3) is 2.73.